The summed E-state index contributed by atoms with van der Waals surface area (Å²) in [6.07, 6.45) is 0.903. The van der Waals surface area contributed by atoms with E-state index in [-0.39, 0.29) is 31.9 Å². The molecule has 98 valence electrons. The molecule has 0 atom stereocenters. The Labute approximate surface area is 122 Å². The fourth-order valence-corrected chi connectivity index (χ4v) is 2.15. The summed E-state index contributed by atoms with van der Waals surface area (Å²) in [6, 6.07) is 3.80. The van der Waals surface area contributed by atoms with Gasteiger partial charge >= 0.3 is 5.97 Å². The molecule has 1 aromatic carbocycles. The van der Waals surface area contributed by atoms with Gasteiger partial charge < -0.3 is 5.11 Å². The molecule has 1 heterocycles. The topological polar surface area (TPSA) is 50.2 Å². The van der Waals surface area contributed by atoms with Crippen LogP contribution in [0.2, 0.25) is 15.1 Å². The van der Waals surface area contributed by atoms with Crippen molar-refractivity contribution in [2.75, 3.05) is 0 Å². The average molecular weight is 321 g/mol. The first-order valence-electron chi connectivity index (χ1n) is 4.94. The van der Waals surface area contributed by atoms with Crippen molar-refractivity contribution >= 4 is 40.8 Å². The summed E-state index contributed by atoms with van der Waals surface area (Å²) in [5, 5.41) is 9.44. The lowest BCUT2D eigenvalue weighted by Crippen LogP contribution is -2.03. The van der Waals surface area contributed by atoms with Crippen molar-refractivity contribution in [3.8, 4) is 11.3 Å². The first kappa shape index (κ1) is 14.1. The molecule has 1 N–H and O–H groups in total. The minimum atomic E-state index is -1.32. The Kier molecular flexibility index (Phi) is 3.94. The highest BCUT2D eigenvalue weighted by Gasteiger charge is 2.19. The molecule has 0 radical (unpaired) electrons. The fourth-order valence-electron chi connectivity index (χ4n) is 1.53. The van der Waals surface area contributed by atoms with Gasteiger partial charge in [-0.25, -0.2) is 9.18 Å². The number of benzene rings is 1. The predicted octanol–water partition coefficient (Wildman–Crippen LogP) is 4.55. The van der Waals surface area contributed by atoms with E-state index in [1.54, 1.807) is 0 Å². The summed E-state index contributed by atoms with van der Waals surface area (Å²) in [4.78, 5) is 14.9. The average Bonchev–Trinajstić information content (AvgIpc) is 2.37. The molecular formula is C12H5Cl3FNO2. The number of carbonyl (C=O) groups is 1. The van der Waals surface area contributed by atoms with Crippen molar-refractivity contribution in [1.29, 1.82) is 0 Å². The number of halogens is 4. The summed E-state index contributed by atoms with van der Waals surface area (Å²) < 4.78 is 13.1. The Hall–Kier alpha value is -1.36. The number of aromatic nitrogens is 1. The third kappa shape index (κ3) is 2.66. The highest BCUT2D eigenvalue weighted by atomic mass is 35.5. The van der Waals surface area contributed by atoms with Crippen LogP contribution in [0, 0.1) is 5.82 Å². The summed E-state index contributed by atoms with van der Waals surface area (Å²) >= 11 is 17.7. The zero-order chi connectivity index (χ0) is 14.2. The van der Waals surface area contributed by atoms with Crippen LogP contribution in [0.3, 0.4) is 0 Å². The molecule has 0 spiro atoms. The standard InChI is InChI=1S/C12H5Cl3FNO2/c13-8-2-1-6(9(14)10(8)15)11-7(12(18)19)3-5(16)4-17-11/h1-4H,(H,18,19). The molecule has 0 aliphatic heterocycles. The number of hydrogen-bond donors (Lipinski definition) is 1. The van der Waals surface area contributed by atoms with Crippen molar-refractivity contribution < 1.29 is 14.3 Å². The molecule has 0 bridgehead atoms. The van der Waals surface area contributed by atoms with Crippen LogP contribution in [0.15, 0.2) is 24.4 Å². The zero-order valence-corrected chi connectivity index (χ0v) is 11.4. The lowest BCUT2D eigenvalue weighted by atomic mass is 10.1. The Morgan fingerprint density at radius 1 is 1.21 bits per heavy atom. The van der Waals surface area contributed by atoms with E-state index in [1.807, 2.05) is 0 Å². The van der Waals surface area contributed by atoms with Crippen molar-refractivity contribution in [1.82, 2.24) is 4.98 Å². The Balaban J connectivity index is 2.72. The summed E-state index contributed by atoms with van der Waals surface area (Å²) in [5.41, 5.74) is -0.00813. The van der Waals surface area contributed by atoms with Crippen molar-refractivity contribution in [2.24, 2.45) is 0 Å². The van der Waals surface area contributed by atoms with Crippen LogP contribution in [-0.2, 0) is 0 Å². The van der Waals surface area contributed by atoms with E-state index < -0.39 is 11.8 Å². The number of hydrogen-bond acceptors (Lipinski definition) is 2. The molecule has 0 unspecified atom stereocenters. The third-order valence-corrected chi connectivity index (χ3v) is 3.67. The fraction of sp³-hybridized carbons (Fsp3) is 0. The van der Waals surface area contributed by atoms with E-state index in [0.29, 0.717) is 0 Å². The van der Waals surface area contributed by atoms with E-state index in [0.717, 1.165) is 12.3 Å². The lowest BCUT2D eigenvalue weighted by molar-refractivity contribution is 0.0697. The number of pyridine rings is 1. The summed E-state index contributed by atoms with van der Waals surface area (Å²) in [5.74, 6) is -2.07. The lowest BCUT2D eigenvalue weighted by Gasteiger charge is -2.09. The highest BCUT2D eigenvalue weighted by Crippen LogP contribution is 2.38. The van der Waals surface area contributed by atoms with Gasteiger partial charge in [0.1, 0.15) is 5.82 Å². The summed E-state index contributed by atoms with van der Waals surface area (Å²) in [6.45, 7) is 0. The van der Waals surface area contributed by atoms with E-state index in [2.05, 4.69) is 4.98 Å². The van der Waals surface area contributed by atoms with E-state index in [9.17, 15) is 9.18 Å². The SMILES string of the molecule is O=C(O)c1cc(F)cnc1-c1ccc(Cl)c(Cl)c1Cl. The number of carboxylic acid groups (broad SMARTS) is 1. The van der Waals surface area contributed by atoms with Crippen molar-refractivity contribution in [3.63, 3.8) is 0 Å². The van der Waals surface area contributed by atoms with Crippen LogP contribution < -0.4 is 0 Å². The normalized spacial score (nSPS) is 10.5. The Morgan fingerprint density at radius 2 is 1.89 bits per heavy atom. The van der Waals surface area contributed by atoms with Gasteiger partial charge in [0, 0.05) is 5.56 Å². The molecule has 2 aromatic rings. The minimum Gasteiger partial charge on any atom is -0.478 e. The van der Waals surface area contributed by atoms with Crippen LogP contribution in [0.5, 0.6) is 0 Å². The van der Waals surface area contributed by atoms with Crippen LogP contribution in [0.4, 0.5) is 4.39 Å². The molecule has 0 saturated heterocycles. The molecule has 1 aromatic heterocycles. The molecule has 3 nitrogen and oxygen atoms in total. The van der Waals surface area contributed by atoms with Gasteiger partial charge in [-0.3, -0.25) is 4.98 Å². The first-order valence-corrected chi connectivity index (χ1v) is 6.08. The number of carboxylic acids is 1. The van der Waals surface area contributed by atoms with Crippen molar-refractivity contribution in [3.05, 3.63) is 50.8 Å². The second kappa shape index (κ2) is 5.33. The maximum atomic E-state index is 13.1. The predicted molar refractivity (Wildman–Crippen MR) is 71.6 cm³/mol. The van der Waals surface area contributed by atoms with Gasteiger partial charge in [0.2, 0.25) is 0 Å². The minimum absolute atomic E-state index is 0.0254. The van der Waals surface area contributed by atoms with E-state index >= 15 is 0 Å². The molecule has 2 rings (SSSR count). The van der Waals surface area contributed by atoms with Gasteiger partial charge in [0.05, 0.1) is 32.5 Å². The molecule has 0 aliphatic rings. The third-order valence-electron chi connectivity index (χ3n) is 2.38. The molecule has 0 amide bonds. The Morgan fingerprint density at radius 3 is 2.53 bits per heavy atom. The number of nitrogens with zero attached hydrogens (tertiary/aromatic N) is 1. The highest BCUT2D eigenvalue weighted by molar-refractivity contribution is 6.49. The number of rotatable bonds is 2. The quantitative estimate of drug-likeness (QED) is 0.826. The first-order chi connectivity index (χ1) is 8.91. The largest absolute Gasteiger partial charge is 0.478 e. The van der Waals surface area contributed by atoms with E-state index in [1.165, 1.54) is 12.1 Å². The van der Waals surface area contributed by atoms with E-state index in [4.69, 9.17) is 39.9 Å². The second-order valence-corrected chi connectivity index (χ2v) is 4.74. The van der Waals surface area contributed by atoms with Crippen LogP contribution in [0.25, 0.3) is 11.3 Å². The molecule has 19 heavy (non-hydrogen) atoms. The number of aromatic carboxylic acids is 1. The van der Waals surface area contributed by atoms with Crippen LogP contribution >= 0.6 is 34.8 Å². The molecule has 0 saturated carbocycles. The van der Waals surface area contributed by atoms with Gasteiger partial charge in [-0.2, -0.15) is 0 Å². The van der Waals surface area contributed by atoms with Gasteiger partial charge in [-0.05, 0) is 18.2 Å². The van der Waals surface area contributed by atoms with Gasteiger partial charge in [-0.1, -0.05) is 34.8 Å². The maximum absolute atomic E-state index is 13.1. The van der Waals surface area contributed by atoms with Gasteiger partial charge in [0.15, 0.2) is 0 Å². The smallest absolute Gasteiger partial charge is 0.338 e. The molecule has 7 heteroatoms. The van der Waals surface area contributed by atoms with Crippen LogP contribution in [-0.4, -0.2) is 16.1 Å². The monoisotopic (exact) mass is 319 g/mol. The molecule has 0 aliphatic carbocycles. The second-order valence-electron chi connectivity index (χ2n) is 3.58. The summed E-state index contributed by atoms with van der Waals surface area (Å²) in [7, 11) is 0. The zero-order valence-electron chi connectivity index (χ0n) is 9.12. The molecule has 0 fully saturated rings. The van der Waals surface area contributed by atoms with Gasteiger partial charge in [-0.15, -0.1) is 0 Å². The molecular weight excluding hydrogens is 315 g/mol. The van der Waals surface area contributed by atoms with Crippen LogP contribution in [0.1, 0.15) is 10.4 Å². The van der Waals surface area contributed by atoms with Crippen molar-refractivity contribution in [2.45, 2.75) is 0 Å². The maximum Gasteiger partial charge on any atom is 0.338 e. The Bertz CT molecular complexity index is 676. The van der Waals surface area contributed by atoms with Gasteiger partial charge in [0.25, 0.3) is 0 Å².